The number of hydrogen-bond donors (Lipinski definition) is 1. The van der Waals surface area contributed by atoms with Gasteiger partial charge in [0.1, 0.15) is 0 Å². The first-order chi connectivity index (χ1) is 11.4. The van der Waals surface area contributed by atoms with Gasteiger partial charge in [0.15, 0.2) is 4.34 Å². The van der Waals surface area contributed by atoms with E-state index in [-0.39, 0.29) is 5.75 Å². The van der Waals surface area contributed by atoms with Gasteiger partial charge >= 0.3 is 0 Å². The van der Waals surface area contributed by atoms with Gasteiger partial charge in [-0.1, -0.05) is 30.0 Å². The van der Waals surface area contributed by atoms with E-state index in [1.54, 1.807) is 29.2 Å². The number of benzene rings is 2. The van der Waals surface area contributed by atoms with E-state index < -0.39 is 10.0 Å². The zero-order valence-corrected chi connectivity index (χ0v) is 16.1. The van der Waals surface area contributed by atoms with Crippen molar-refractivity contribution in [3.05, 3.63) is 53.1 Å². The predicted molar refractivity (Wildman–Crippen MR) is 104 cm³/mol. The third kappa shape index (κ3) is 3.91. The van der Waals surface area contributed by atoms with E-state index in [1.165, 1.54) is 0 Å². The molecule has 7 heteroatoms. The van der Waals surface area contributed by atoms with Crippen molar-refractivity contribution in [1.82, 2.24) is 4.98 Å². The second-order valence-corrected chi connectivity index (χ2v) is 9.45. The number of sulfonamides is 1. The van der Waals surface area contributed by atoms with Crippen LogP contribution in [0.3, 0.4) is 0 Å². The number of nitrogens with zero attached hydrogens (tertiary/aromatic N) is 1. The maximum Gasteiger partial charge on any atom is 0.236 e. The van der Waals surface area contributed by atoms with Crippen molar-refractivity contribution in [3.63, 3.8) is 0 Å². The molecule has 0 aliphatic heterocycles. The predicted octanol–water partition coefficient (Wildman–Crippen LogP) is 4.58. The third-order valence-electron chi connectivity index (χ3n) is 3.74. The summed E-state index contributed by atoms with van der Waals surface area (Å²) >= 11 is 3.15. The molecular formula is C17H18N2O2S3. The molecule has 3 rings (SSSR count). The average molecular weight is 379 g/mol. The Labute approximate surface area is 150 Å². The standard InChI is InChI=1S/C17H18N2O2S3/c1-11-4-5-13(8-12(11)2)10-24(20,21)19-14-6-7-15-16(9-14)23-17(18-15)22-3/h4-9,19H,10H2,1-3H3. The highest BCUT2D eigenvalue weighted by molar-refractivity contribution is 8.00. The lowest BCUT2D eigenvalue weighted by Gasteiger charge is -2.09. The molecule has 1 heterocycles. The Bertz CT molecular complexity index is 994. The highest BCUT2D eigenvalue weighted by Crippen LogP contribution is 2.30. The van der Waals surface area contributed by atoms with Crippen molar-refractivity contribution in [2.45, 2.75) is 23.9 Å². The number of fused-ring (bicyclic) bond motifs is 1. The Hall–Kier alpha value is -1.57. The third-order valence-corrected chi connectivity index (χ3v) is 7.01. The van der Waals surface area contributed by atoms with Crippen LogP contribution in [0.5, 0.6) is 0 Å². The van der Waals surface area contributed by atoms with Gasteiger partial charge in [0.05, 0.1) is 21.7 Å². The fourth-order valence-corrected chi connectivity index (χ4v) is 5.09. The number of thiazole rings is 1. The Kier molecular flexibility index (Phi) is 4.85. The molecule has 0 amide bonds. The minimum atomic E-state index is -3.46. The number of rotatable bonds is 5. The summed E-state index contributed by atoms with van der Waals surface area (Å²) < 4.78 is 29.5. The molecule has 24 heavy (non-hydrogen) atoms. The van der Waals surface area contributed by atoms with Crippen LogP contribution in [0.1, 0.15) is 16.7 Å². The van der Waals surface area contributed by atoms with E-state index >= 15 is 0 Å². The van der Waals surface area contributed by atoms with Crippen LogP contribution >= 0.6 is 23.1 Å². The summed E-state index contributed by atoms with van der Waals surface area (Å²) in [6, 6.07) is 11.2. The molecule has 2 aromatic carbocycles. The van der Waals surface area contributed by atoms with Crippen LogP contribution in [-0.2, 0) is 15.8 Å². The molecule has 0 fully saturated rings. The zero-order valence-electron chi connectivity index (χ0n) is 13.7. The van der Waals surface area contributed by atoms with Crippen LogP contribution in [0.4, 0.5) is 5.69 Å². The SMILES string of the molecule is CSc1nc2ccc(NS(=O)(=O)Cc3ccc(C)c(C)c3)cc2s1. The number of aryl methyl sites for hydroxylation is 2. The van der Waals surface area contributed by atoms with Crippen LogP contribution in [0.2, 0.25) is 0 Å². The molecule has 1 aromatic heterocycles. The van der Waals surface area contributed by atoms with Gasteiger partial charge in [-0.15, -0.1) is 11.3 Å². The molecule has 126 valence electrons. The molecule has 0 radical (unpaired) electrons. The van der Waals surface area contributed by atoms with Gasteiger partial charge in [0, 0.05) is 0 Å². The maximum absolute atomic E-state index is 12.4. The number of hydrogen-bond acceptors (Lipinski definition) is 5. The highest BCUT2D eigenvalue weighted by Gasteiger charge is 2.13. The van der Waals surface area contributed by atoms with Gasteiger partial charge in [-0.25, -0.2) is 13.4 Å². The maximum atomic E-state index is 12.4. The first-order valence-corrected chi connectivity index (χ1v) is 11.1. The first-order valence-electron chi connectivity index (χ1n) is 7.37. The van der Waals surface area contributed by atoms with Gasteiger partial charge < -0.3 is 0 Å². The molecule has 0 bridgehead atoms. The minimum absolute atomic E-state index is 0.0368. The Morgan fingerprint density at radius 2 is 1.92 bits per heavy atom. The van der Waals surface area contributed by atoms with Crippen LogP contribution in [0, 0.1) is 13.8 Å². The smallest absolute Gasteiger partial charge is 0.236 e. The first kappa shape index (κ1) is 17.3. The topological polar surface area (TPSA) is 59.1 Å². The minimum Gasteiger partial charge on any atom is -0.283 e. The highest BCUT2D eigenvalue weighted by atomic mass is 32.2. The summed E-state index contributed by atoms with van der Waals surface area (Å²) in [4.78, 5) is 4.46. The number of aromatic nitrogens is 1. The van der Waals surface area contributed by atoms with Crippen molar-refractivity contribution in [2.24, 2.45) is 0 Å². The lowest BCUT2D eigenvalue weighted by molar-refractivity contribution is 0.600. The van der Waals surface area contributed by atoms with E-state index in [9.17, 15) is 8.42 Å². The fraction of sp³-hybridized carbons (Fsp3) is 0.235. The zero-order chi connectivity index (χ0) is 17.3. The molecular weight excluding hydrogens is 360 g/mol. The van der Waals surface area contributed by atoms with Crippen LogP contribution < -0.4 is 4.72 Å². The van der Waals surface area contributed by atoms with E-state index in [4.69, 9.17) is 0 Å². The van der Waals surface area contributed by atoms with Gasteiger partial charge in [0.2, 0.25) is 10.0 Å². The van der Waals surface area contributed by atoms with Crippen molar-refractivity contribution in [3.8, 4) is 0 Å². The lowest BCUT2D eigenvalue weighted by atomic mass is 10.1. The summed E-state index contributed by atoms with van der Waals surface area (Å²) in [5, 5.41) is 0. The molecule has 4 nitrogen and oxygen atoms in total. The van der Waals surface area contributed by atoms with Crippen molar-refractivity contribution < 1.29 is 8.42 Å². The summed E-state index contributed by atoms with van der Waals surface area (Å²) in [7, 11) is -3.46. The normalized spacial score (nSPS) is 11.8. The van der Waals surface area contributed by atoms with Gasteiger partial charge in [0.25, 0.3) is 0 Å². The second-order valence-electron chi connectivity index (χ2n) is 5.65. The number of thioether (sulfide) groups is 1. The lowest BCUT2D eigenvalue weighted by Crippen LogP contribution is -2.15. The van der Waals surface area contributed by atoms with Crippen molar-refractivity contribution in [1.29, 1.82) is 0 Å². The molecule has 0 spiro atoms. The number of anilines is 1. The van der Waals surface area contributed by atoms with Gasteiger partial charge in [-0.2, -0.15) is 0 Å². The van der Waals surface area contributed by atoms with Crippen molar-refractivity contribution in [2.75, 3.05) is 11.0 Å². The van der Waals surface area contributed by atoms with Crippen LogP contribution in [-0.4, -0.2) is 19.7 Å². The molecule has 0 saturated carbocycles. The molecule has 0 unspecified atom stereocenters. The van der Waals surface area contributed by atoms with E-state index in [0.29, 0.717) is 5.69 Å². The average Bonchev–Trinajstić information content (AvgIpc) is 2.92. The van der Waals surface area contributed by atoms with Crippen molar-refractivity contribution >= 4 is 49.0 Å². The molecule has 0 saturated heterocycles. The van der Waals surface area contributed by atoms with E-state index in [2.05, 4.69) is 9.71 Å². The van der Waals surface area contributed by atoms with E-state index in [1.807, 2.05) is 50.4 Å². The summed E-state index contributed by atoms with van der Waals surface area (Å²) in [6.45, 7) is 4.00. The van der Waals surface area contributed by atoms with E-state index in [0.717, 1.165) is 31.2 Å². The number of nitrogens with one attached hydrogen (secondary N) is 1. The molecule has 1 N–H and O–H groups in total. The molecule has 3 aromatic rings. The molecule has 0 atom stereocenters. The fourth-order valence-electron chi connectivity index (χ4n) is 2.38. The van der Waals surface area contributed by atoms with Gasteiger partial charge in [-0.3, -0.25) is 4.72 Å². The molecule has 0 aliphatic rings. The Morgan fingerprint density at radius 1 is 1.12 bits per heavy atom. The largest absolute Gasteiger partial charge is 0.283 e. The van der Waals surface area contributed by atoms with Crippen LogP contribution in [0.15, 0.2) is 40.7 Å². The molecule has 0 aliphatic carbocycles. The monoisotopic (exact) mass is 378 g/mol. The summed E-state index contributed by atoms with van der Waals surface area (Å²) in [6.07, 6.45) is 1.98. The Morgan fingerprint density at radius 3 is 2.62 bits per heavy atom. The quantitative estimate of drug-likeness (QED) is 0.660. The van der Waals surface area contributed by atoms with Gasteiger partial charge in [-0.05, 0) is 55.0 Å². The van der Waals surface area contributed by atoms with Crippen LogP contribution in [0.25, 0.3) is 10.2 Å². The Balaban J connectivity index is 1.81. The second kappa shape index (κ2) is 6.74. The summed E-state index contributed by atoms with van der Waals surface area (Å²) in [5.41, 5.74) is 4.50. The summed E-state index contributed by atoms with van der Waals surface area (Å²) in [5.74, 6) is -0.0368.